The second-order valence-corrected chi connectivity index (χ2v) is 8.96. The number of nitrogens with zero attached hydrogens (tertiary/aromatic N) is 4. The number of hydrogen-bond donors (Lipinski definition) is 2. The number of aryl methyl sites for hydroxylation is 2. The van der Waals surface area contributed by atoms with Crippen molar-refractivity contribution in [2.75, 3.05) is 25.5 Å². The van der Waals surface area contributed by atoms with Gasteiger partial charge in [0.15, 0.2) is 0 Å². The predicted octanol–water partition coefficient (Wildman–Crippen LogP) is 3.67. The molecule has 0 saturated carbocycles. The number of piperidine rings is 1. The van der Waals surface area contributed by atoms with Gasteiger partial charge in [0.25, 0.3) is 12.0 Å². The molecule has 4 rings (SSSR count). The van der Waals surface area contributed by atoms with E-state index in [9.17, 15) is 23.1 Å². The fourth-order valence-electron chi connectivity index (χ4n) is 4.64. The van der Waals surface area contributed by atoms with Crippen molar-refractivity contribution in [2.24, 2.45) is 7.05 Å². The van der Waals surface area contributed by atoms with Crippen molar-refractivity contribution in [2.45, 2.75) is 44.8 Å². The molecule has 0 spiro atoms. The summed E-state index contributed by atoms with van der Waals surface area (Å²) >= 11 is 0. The number of aromatic nitrogens is 3. The molecule has 0 amide bonds. The van der Waals surface area contributed by atoms with E-state index in [1.54, 1.807) is 27.0 Å². The number of benzene rings is 1. The van der Waals surface area contributed by atoms with Crippen LogP contribution in [0.25, 0.3) is 11.0 Å². The minimum absolute atomic E-state index is 0.0815. The molecule has 1 aliphatic rings. The van der Waals surface area contributed by atoms with Crippen LogP contribution in [-0.4, -0.2) is 50.8 Å². The van der Waals surface area contributed by atoms with Crippen molar-refractivity contribution < 1.29 is 18.3 Å². The summed E-state index contributed by atoms with van der Waals surface area (Å²) in [6, 6.07) is 4.91. The van der Waals surface area contributed by atoms with Crippen LogP contribution in [0.3, 0.4) is 0 Å². The van der Waals surface area contributed by atoms with Gasteiger partial charge in [0.1, 0.15) is 23.1 Å². The van der Waals surface area contributed by atoms with E-state index in [2.05, 4.69) is 15.3 Å². The number of fused-ring (bicyclic) bond motifs is 1. The Labute approximate surface area is 195 Å². The third kappa shape index (κ3) is 4.39. The van der Waals surface area contributed by atoms with Gasteiger partial charge in [-0.15, -0.1) is 0 Å². The molecule has 182 valence electrons. The van der Waals surface area contributed by atoms with Crippen LogP contribution in [0.15, 0.2) is 29.1 Å². The molecule has 1 aromatic carbocycles. The Balaban J connectivity index is 1.80. The SMILES string of the molecule is Cc1nc(N[C@H](C)c2cccc(C(F)F)c2F)c2cc(C3CCN(C)CC3O)c(=O)n(C)c2n1. The molecule has 0 bridgehead atoms. The summed E-state index contributed by atoms with van der Waals surface area (Å²) in [7, 11) is 3.53. The van der Waals surface area contributed by atoms with Gasteiger partial charge in [-0.1, -0.05) is 18.2 Å². The van der Waals surface area contributed by atoms with E-state index in [0.29, 0.717) is 41.2 Å². The van der Waals surface area contributed by atoms with Crippen LogP contribution in [0, 0.1) is 12.7 Å². The molecule has 2 unspecified atom stereocenters. The summed E-state index contributed by atoms with van der Waals surface area (Å²) < 4.78 is 42.5. The van der Waals surface area contributed by atoms with Gasteiger partial charge in [-0.2, -0.15) is 0 Å². The van der Waals surface area contributed by atoms with Gasteiger partial charge in [-0.25, -0.2) is 23.1 Å². The van der Waals surface area contributed by atoms with Crippen molar-refractivity contribution in [1.29, 1.82) is 0 Å². The average Bonchev–Trinajstić information content (AvgIpc) is 2.77. The molecular weight excluding hydrogens is 447 g/mol. The molecule has 1 aliphatic heterocycles. The maximum absolute atomic E-state index is 14.7. The minimum atomic E-state index is -2.92. The van der Waals surface area contributed by atoms with Crippen LogP contribution >= 0.6 is 0 Å². The summed E-state index contributed by atoms with van der Waals surface area (Å²) in [6.07, 6.45) is -3.00. The molecular formula is C24H28F3N5O2. The molecule has 1 saturated heterocycles. The number of aliphatic hydroxyl groups is 1. The highest BCUT2D eigenvalue weighted by atomic mass is 19.3. The summed E-state index contributed by atoms with van der Waals surface area (Å²) in [5, 5.41) is 14.3. The number of likely N-dealkylation sites (N-methyl/N-ethyl adjacent to an activating group) is 1. The van der Waals surface area contributed by atoms with Gasteiger partial charge in [0.2, 0.25) is 0 Å². The van der Waals surface area contributed by atoms with Crippen molar-refractivity contribution in [3.8, 4) is 0 Å². The Morgan fingerprint density at radius 2 is 1.91 bits per heavy atom. The number of nitrogens with one attached hydrogen (secondary N) is 1. The Morgan fingerprint density at radius 1 is 1.21 bits per heavy atom. The van der Waals surface area contributed by atoms with Crippen LogP contribution in [-0.2, 0) is 7.05 Å². The van der Waals surface area contributed by atoms with E-state index in [1.165, 1.54) is 16.7 Å². The van der Waals surface area contributed by atoms with E-state index in [-0.39, 0.29) is 17.0 Å². The molecule has 3 aromatic rings. The molecule has 1 fully saturated rings. The highest BCUT2D eigenvalue weighted by Gasteiger charge is 2.30. The predicted molar refractivity (Wildman–Crippen MR) is 124 cm³/mol. The smallest absolute Gasteiger partial charge is 0.266 e. The van der Waals surface area contributed by atoms with Gasteiger partial charge in [-0.3, -0.25) is 9.36 Å². The van der Waals surface area contributed by atoms with Gasteiger partial charge in [0.05, 0.1) is 23.1 Å². The molecule has 7 nitrogen and oxygen atoms in total. The molecule has 3 heterocycles. The minimum Gasteiger partial charge on any atom is -0.391 e. The Hall–Kier alpha value is -2.98. The second-order valence-electron chi connectivity index (χ2n) is 8.96. The largest absolute Gasteiger partial charge is 0.391 e. The first-order chi connectivity index (χ1) is 16.1. The monoisotopic (exact) mass is 475 g/mol. The van der Waals surface area contributed by atoms with Gasteiger partial charge in [0, 0.05) is 30.6 Å². The Kier molecular flexibility index (Phi) is 6.64. The molecule has 2 N–H and O–H groups in total. The number of hydrogen-bond acceptors (Lipinski definition) is 6. The number of halogens is 3. The van der Waals surface area contributed by atoms with Crippen molar-refractivity contribution in [3.63, 3.8) is 0 Å². The van der Waals surface area contributed by atoms with E-state index >= 15 is 0 Å². The number of β-amino-alcohol motifs (C(OH)–C–C–N with tert-alkyl or cyclic N) is 1. The first-order valence-corrected chi connectivity index (χ1v) is 11.2. The van der Waals surface area contributed by atoms with Crippen LogP contribution < -0.4 is 10.9 Å². The van der Waals surface area contributed by atoms with E-state index in [0.717, 1.165) is 12.6 Å². The molecule has 2 aromatic heterocycles. The first kappa shape index (κ1) is 24.2. The number of anilines is 1. The number of rotatable bonds is 5. The summed E-state index contributed by atoms with van der Waals surface area (Å²) in [4.78, 5) is 24.0. The maximum atomic E-state index is 14.7. The van der Waals surface area contributed by atoms with Gasteiger partial charge < -0.3 is 15.3 Å². The van der Waals surface area contributed by atoms with Gasteiger partial charge in [-0.05, 0) is 39.9 Å². The molecule has 0 aliphatic carbocycles. The second kappa shape index (κ2) is 9.34. The number of alkyl halides is 2. The van der Waals surface area contributed by atoms with Crippen molar-refractivity contribution in [1.82, 2.24) is 19.4 Å². The molecule has 0 radical (unpaired) electrons. The zero-order chi connectivity index (χ0) is 24.7. The normalized spacial score (nSPS) is 20.1. The molecule has 3 atom stereocenters. The topological polar surface area (TPSA) is 83.3 Å². The Bertz CT molecular complexity index is 1280. The highest BCUT2D eigenvalue weighted by molar-refractivity contribution is 5.87. The number of pyridine rings is 1. The van der Waals surface area contributed by atoms with E-state index in [1.807, 2.05) is 11.9 Å². The standard InChI is InChI=1S/C24H28F3N5O2/c1-12(14-6-5-7-16(20(14)25)21(26)27)28-22-18-10-17(15-8-9-31(3)11-19(15)33)24(34)32(4)23(18)30-13(2)29-22/h5-7,10,12,15,19,21,33H,8-9,11H2,1-4H3,(H,28,29,30)/t12-,15?,19?/m1/s1. The summed E-state index contributed by atoms with van der Waals surface area (Å²) in [5.41, 5.74) is 0.0347. The lowest BCUT2D eigenvalue weighted by molar-refractivity contribution is 0.0633. The zero-order valence-corrected chi connectivity index (χ0v) is 19.5. The Morgan fingerprint density at radius 3 is 2.59 bits per heavy atom. The van der Waals surface area contributed by atoms with Crippen molar-refractivity contribution >= 4 is 16.9 Å². The number of aliphatic hydroxyl groups excluding tert-OH is 1. The molecule has 34 heavy (non-hydrogen) atoms. The molecule has 10 heteroatoms. The summed E-state index contributed by atoms with van der Waals surface area (Å²) in [5.74, 6) is -0.552. The van der Waals surface area contributed by atoms with Crippen LogP contribution in [0.4, 0.5) is 19.0 Å². The lowest BCUT2D eigenvalue weighted by Gasteiger charge is -2.33. The van der Waals surface area contributed by atoms with E-state index in [4.69, 9.17) is 0 Å². The lowest BCUT2D eigenvalue weighted by Crippen LogP contribution is -2.42. The highest BCUT2D eigenvalue weighted by Crippen LogP contribution is 2.32. The fourth-order valence-corrected chi connectivity index (χ4v) is 4.64. The maximum Gasteiger partial charge on any atom is 0.266 e. The van der Waals surface area contributed by atoms with Crippen molar-refractivity contribution in [3.05, 3.63) is 63.0 Å². The van der Waals surface area contributed by atoms with Gasteiger partial charge >= 0.3 is 0 Å². The van der Waals surface area contributed by atoms with E-state index < -0.39 is 30.0 Å². The number of likely N-dealkylation sites (tertiary alicyclic amines) is 1. The van der Waals surface area contributed by atoms with Crippen LogP contribution in [0.2, 0.25) is 0 Å². The quantitative estimate of drug-likeness (QED) is 0.586. The van der Waals surface area contributed by atoms with Crippen LogP contribution in [0.1, 0.15) is 54.2 Å². The zero-order valence-electron chi connectivity index (χ0n) is 19.5. The third-order valence-electron chi connectivity index (χ3n) is 6.50. The fraction of sp³-hybridized carbons (Fsp3) is 0.458. The first-order valence-electron chi connectivity index (χ1n) is 11.2. The summed E-state index contributed by atoms with van der Waals surface area (Å²) in [6.45, 7) is 4.53. The van der Waals surface area contributed by atoms with Crippen LogP contribution in [0.5, 0.6) is 0 Å². The average molecular weight is 476 g/mol. The third-order valence-corrected chi connectivity index (χ3v) is 6.50. The lowest BCUT2D eigenvalue weighted by atomic mass is 9.87.